The normalized spacial score (nSPS) is 13.4. The van der Waals surface area contributed by atoms with E-state index in [-0.39, 0.29) is 0 Å². The summed E-state index contributed by atoms with van der Waals surface area (Å²) in [5, 5.41) is 6.75. The molecule has 6 heteroatoms. The quantitative estimate of drug-likeness (QED) is 0.378. The van der Waals surface area contributed by atoms with Crippen molar-refractivity contribution in [1.82, 2.24) is 10.6 Å². The molecule has 2 aromatic carbocycles. The SMILES string of the molecule is CCNC(=NCc1cccc(N2CC=CC2)c1)NCCc1ccc(OC)c(OC)c1. The van der Waals surface area contributed by atoms with E-state index >= 15 is 0 Å². The molecule has 0 unspecified atom stereocenters. The number of hydrogen-bond donors (Lipinski definition) is 2. The molecule has 6 nitrogen and oxygen atoms in total. The Morgan fingerprint density at radius 1 is 0.967 bits per heavy atom. The van der Waals surface area contributed by atoms with E-state index in [1.807, 2.05) is 12.1 Å². The van der Waals surface area contributed by atoms with Gasteiger partial charge in [-0.25, -0.2) is 4.99 Å². The lowest BCUT2D eigenvalue weighted by molar-refractivity contribution is 0.354. The van der Waals surface area contributed by atoms with Crippen LogP contribution in [0.25, 0.3) is 0 Å². The van der Waals surface area contributed by atoms with Gasteiger partial charge in [-0.15, -0.1) is 0 Å². The highest BCUT2D eigenvalue weighted by Gasteiger charge is 2.08. The van der Waals surface area contributed by atoms with E-state index in [1.165, 1.54) is 16.8 Å². The van der Waals surface area contributed by atoms with Gasteiger partial charge in [-0.05, 0) is 48.7 Å². The van der Waals surface area contributed by atoms with Gasteiger partial charge in [0, 0.05) is 31.9 Å². The average Bonchev–Trinajstić information content (AvgIpc) is 3.32. The molecule has 0 amide bonds. The number of nitrogens with one attached hydrogen (secondary N) is 2. The third-order valence-electron chi connectivity index (χ3n) is 5.01. The van der Waals surface area contributed by atoms with Crippen LogP contribution in [-0.4, -0.2) is 46.4 Å². The second-order valence-corrected chi connectivity index (χ2v) is 7.11. The average molecular weight is 409 g/mol. The van der Waals surface area contributed by atoms with Crippen molar-refractivity contribution in [2.45, 2.75) is 19.9 Å². The Balaban J connectivity index is 1.56. The van der Waals surface area contributed by atoms with E-state index in [0.29, 0.717) is 6.54 Å². The Bertz CT molecular complexity index is 871. The first-order chi connectivity index (χ1) is 14.7. The molecule has 0 saturated carbocycles. The molecule has 0 aromatic heterocycles. The van der Waals surface area contributed by atoms with E-state index in [0.717, 1.165) is 50.1 Å². The fraction of sp³-hybridized carbons (Fsp3) is 0.375. The first kappa shape index (κ1) is 21.6. The van der Waals surface area contributed by atoms with Crippen molar-refractivity contribution in [3.8, 4) is 11.5 Å². The van der Waals surface area contributed by atoms with Crippen LogP contribution in [0.2, 0.25) is 0 Å². The number of anilines is 1. The predicted octanol–water partition coefficient (Wildman–Crippen LogP) is 3.38. The highest BCUT2D eigenvalue weighted by atomic mass is 16.5. The molecule has 2 aromatic rings. The zero-order chi connectivity index (χ0) is 21.2. The molecule has 0 aliphatic carbocycles. The van der Waals surface area contributed by atoms with Gasteiger partial charge in [-0.1, -0.05) is 30.4 Å². The van der Waals surface area contributed by atoms with Crippen LogP contribution < -0.4 is 25.0 Å². The minimum atomic E-state index is 0.640. The first-order valence-electron chi connectivity index (χ1n) is 10.5. The number of benzene rings is 2. The van der Waals surface area contributed by atoms with E-state index in [9.17, 15) is 0 Å². The van der Waals surface area contributed by atoms with Crippen molar-refractivity contribution in [3.63, 3.8) is 0 Å². The van der Waals surface area contributed by atoms with E-state index in [4.69, 9.17) is 14.5 Å². The summed E-state index contributed by atoms with van der Waals surface area (Å²) in [5.74, 6) is 2.32. The molecule has 0 spiro atoms. The molecule has 0 bridgehead atoms. The molecule has 1 heterocycles. The van der Waals surface area contributed by atoms with E-state index in [1.54, 1.807) is 14.2 Å². The maximum absolute atomic E-state index is 5.39. The Morgan fingerprint density at radius 2 is 1.77 bits per heavy atom. The molecule has 160 valence electrons. The summed E-state index contributed by atoms with van der Waals surface area (Å²) in [7, 11) is 3.31. The van der Waals surface area contributed by atoms with Gasteiger partial charge in [0.25, 0.3) is 0 Å². The van der Waals surface area contributed by atoms with Gasteiger partial charge in [0.1, 0.15) is 0 Å². The maximum Gasteiger partial charge on any atom is 0.191 e. The van der Waals surface area contributed by atoms with Gasteiger partial charge in [0.15, 0.2) is 17.5 Å². The van der Waals surface area contributed by atoms with Crippen molar-refractivity contribution >= 4 is 11.6 Å². The monoisotopic (exact) mass is 408 g/mol. The zero-order valence-electron chi connectivity index (χ0n) is 18.1. The molecule has 1 aliphatic rings. The van der Waals surface area contributed by atoms with E-state index in [2.05, 4.69) is 64.9 Å². The van der Waals surface area contributed by atoms with Crippen LogP contribution in [0.15, 0.2) is 59.6 Å². The summed E-state index contributed by atoms with van der Waals surface area (Å²) in [5.41, 5.74) is 3.64. The van der Waals surface area contributed by atoms with Gasteiger partial charge < -0.3 is 25.0 Å². The number of methoxy groups -OCH3 is 2. The minimum absolute atomic E-state index is 0.640. The molecule has 30 heavy (non-hydrogen) atoms. The Kier molecular flexibility index (Phi) is 8.01. The highest BCUT2D eigenvalue weighted by Crippen LogP contribution is 2.27. The Hall–Kier alpha value is -3.15. The van der Waals surface area contributed by atoms with Crippen LogP contribution in [0.1, 0.15) is 18.1 Å². The number of ether oxygens (including phenoxy) is 2. The van der Waals surface area contributed by atoms with Crippen LogP contribution >= 0.6 is 0 Å². The zero-order valence-corrected chi connectivity index (χ0v) is 18.1. The van der Waals surface area contributed by atoms with Crippen molar-refractivity contribution in [3.05, 3.63) is 65.7 Å². The van der Waals surface area contributed by atoms with Crippen molar-refractivity contribution in [2.75, 3.05) is 45.3 Å². The number of aliphatic imine (C=N–C) groups is 1. The smallest absolute Gasteiger partial charge is 0.191 e. The molecular formula is C24H32N4O2. The molecule has 1 aliphatic heterocycles. The summed E-state index contributed by atoms with van der Waals surface area (Å²) in [6.07, 6.45) is 5.27. The second kappa shape index (κ2) is 11.1. The van der Waals surface area contributed by atoms with E-state index < -0.39 is 0 Å². The minimum Gasteiger partial charge on any atom is -0.493 e. The van der Waals surface area contributed by atoms with Gasteiger partial charge in [-0.3, -0.25) is 0 Å². The lowest BCUT2D eigenvalue weighted by Crippen LogP contribution is -2.38. The summed E-state index contributed by atoms with van der Waals surface area (Å²) in [6, 6.07) is 14.6. The van der Waals surface area contributed by atoms with Crippen molar-refractivity contribution in [1.29, 1.82) is 0 Å². The van der Waals surface area contributed by atoms with Gasteiger partial charge in [0.2, 0.25) is 0 Å². The predicted molar refractivity (Wildman–Crippen MR) is 124 cm³/mol. The van der Waals surface area contributed by atoms with Crippen LogP contribution in [0, 0.1) is 0 Å². The molecule has 0 saturated heterocycles. The largest absolute Gasteiger partial charge is 0.493 e. The number of rotatable bonds is 9. The van der Waals surface area contributed by atoms with Crippen LogP contribution in [-0.2, 0) is 13.0 Å². The summed E-state index contributed by atoms with van der Waals surface area (Å²) in [4.78, 5) is 7.11. The third-order valence-corrected chi connectivity index (χ3v) is 5.01. The molecule has 0 atom stereocenters. The van der Waals surface area contributed by atoms with Crippen molar-refractivity contribution < 1.29 is 9.47 Å². The molecule has 3 rings (SSSR count). The van der Waals surface area contributed by atoms with Gasteiger partial charge in [-0.2, -0.15) is 0 Å². The third kappa shape index (κ3) is 5.92. The lowest BCUT2D eigenvalue weighted by atomic mass is 10.1. The maximum atomic E-state index is 5.39. The Labute approximate surface area is 179 Å². The molecular weight excluding hydrogens is 376 g/mol. The summed E-state index contributed by atoms with van der Waals surface area (Å²) < 4.78 is 10.7. The second-order valence-electron chi connectivity index (χ2n) is 7.11. The van der Waals surface area contributed by atoms with Crippen LogP contribution in [0.5, 0.6) is 11.5 Å². The molecule has 2 N–H and O–H groups in total. The molecule has 0 radical (unpaired) electrons. The number of guanidine groups is 1. The summed E-state index contributed by atoms with van der Waals surface area (Å²) >= 11 is 0. The highest BCUT2D eigenvalue weighted by molar-refractivity contribution is 5.79. The summed E-state index contributed by atoms with van der Waals surface area (Å²) in [6.45, 7) is 6.27. The van der Waals surface area contributed by atoms with Gasteiger partial charge in [0.05, 0.1) is 20.8 Å². The van der Waals surface area contributed by atoms with Gasteiger partial charge >= 0.3 is 0 Å². The number of hydrogen-bond acceptors (Lipinski definition) is 4. The fourth-order valence-corrected chi connectivity index (χ4v) is 3.41. The fourth-order valence-electron chi connectivity index (χ4n) is 3.41. The number of nitrogens with zero attached hydrogens (tertiary/aromatic N) is 2. The van der Waals surface area contributed by atoms with Crippen LogP contribution in [0.3, 0.4) is 0 Å². The standard InChI is InChI=1S/C24H32N4O2/c1-4-25-24(26-13-12-19-10-11-22(29-2)23(17-19)30-3)27-18-20-8-7-9-21(16-20)28-14-5-6-15-28/h5-11,16-17H,4,12-15,18H2,1-3H3,(H2,25,26,27). The first-order valence-corrected chi connectivity index (χ1v) is 10.5. The Morgan fingerprint density at radius 3 is 2.50 bits per heavy atom. The van der Waals surface area contributed by atoms with Crippen molar-refractivity contribution in [2.24, 2.45) is 4.99 Å². The lowest BCUT2D eigenvalue weighted by Gasteiger charge is -2.18. The van der Waals surface area contributed by atoms with Crippen LogP contribution in [0.4, 0.5) is 5.69 Å². The molecule has 0 fully saturated rings. The topological polar surface area (TPSA) is 58.1 Å².